The summed E-state index contributed by atoms with van der Waals surface area (Å²) >= 11 is 0. The van der Waals surface area contributed by atoms with Crippen LogP contribution < -0.4 is 6.15 Å². The van der Waals surface area contributed by atoms with Gasteiger partial charge in [0.05, 0.1) is 12.9 Å². The minimum Gasteiger partial charge on any atom is -0.499 e. The number of rotatable bonds is 3. The van der Waals surface area contributed by atoms with Crippen LogP contribution in [0, 0.1) is 0 Å². The molecule has 3 heteroatoms. The standard InChI is InChI=1S/C4H8O2.H3N/c1-2-6-4-3-5;/h2,5H,1,3-4H2;1H3. The Hall–Kier alpha value is -0.540. The molecule has 0 aliphatic carbocycles. The van der Waals surface area contributed by atoms with Gasteiger partial charge in [-0.25, -0.2) is 0 Å². The van der Waals surface area contributed by atoms with E-state index in [0.29, 0.717) is 6.61 Å². The molecule has 0 saturated heterocycles. The molecule has 7 heavy (non-hydrogen) atoms. The molecule has 0 spiro atoms. The zero-order valence-electron chi connectivity index (χ0n) is 4.26. The topological polar surface area (TPSA) is 64.5 Å². The summed E-state index contributed by atoms with van der Waals surface area (Å²) in [6, 6.07) is 0. The van der Waals surface area contributed by atoms with Gasteiger partial charge in [-0.15, -0.1) is 0 Å². The van der Waals surface area contributed by atoms with Gasteiger partial charge in [0, 0.05) is 0 Å². The lowest BCUT2D eigenvalue weighted by Crippen LogP contribution is -1.90. The monoisotopic (exact) mass is 105 g/mol. The SMILES string of the molecule is C=COCCO.N. The zero-order chi connectivity index (χ0) is 4.83. The number of aliphatic hydroxyl groups is 1. The molecule has 0 aliphatic rings. The molecule has 0 radical (unpaired) electrons. The Morgan fingerprint density at radius 1 is 1.71 bits per heavy atom. The van der Waals surface area contributed by atoms with Crippen molar-refractivity contribution in [2.75, 3.05) is 13.2 Å². The van der Waals surface area contributed by atoms with Crippen LogP contribution in [0.1, 0.15) is 0 Å². The van der Waals surface area contributed by atoms with E-state index in [1.165, 1.54) is 6.26 Å². The molecule has 3 nitrogen and oxygen atoms in total. The van der Waals surface area contributed by atoms with Crippen molar-refractivity contribution in [3.05, 3.63) is 12.8 Å². The Balaban J connectivity index is 0. The van der Waals surface area contributed by atoms with E-state index in [0.717, 1.165) is 0 Å². The second-order valence-corrected chi connectivity index (χ2v) is 0.761. The van der Waals surface area contributed by atoms with E-state index in [-0.39, 0.29) is 12.8 Å². The molecule has 0 heterocycles. The van der Waals surface area contributed by atoms with Crippen molar-refractivity contribution in [1.29, 1.82) is 0 Å². The number of aliphatic hydroxyl groups excluding tert-OH is 1. The normalized spacial score (nSPS) is 6.43. The van der Waals surface area contributed by atoms with E-state index in [9.17, 15) is 0 Å². The second kappa shape index (κ2) is 9.07. The van der Waals surface area contributed by atoms with Gasteiger partial charge < -0.3 is 16.0 Å². The van der Waals surface area contributed by atoms with Crippen molar-refractivity contribution >= 4 is 0 Å². The largest absolute Gasteiger partial charge is 0.499 e. The summed E-state index contributed by atoms with van der Waals surface area (Å²) in [6.45, 7) is 3.68. The molecule has 0 aromatic heterocycles. The molecule has 0 amide bonds. The smallest absolute Gasteiger partial charge is 0.110 e. The third-order valence-corrected chi connectivity index (χ3v) is 0.327. The van der Waals surface area contributed by atoms with Crippen LogP contribution in [0.5, 0.6) is 0 Å². The summed E-state index contributed by atoms with van der Waals surface area (Å²) in [7, 11) is 0. The molecule has 4 N–H and O–H groups in total. The molecule has 0 aromatic carbocycles. The summed E-state index contributed by atoms with van der Waals surface area (Å²) in [5.41, 5.74) is 0. The van der Waals surface area contributed by atoms with Gasteiger partial charge in [-0.1, -0.05) is 6.58 Å². The maximum atomic E-state index is 8.02. The molecule has 0 saturated carbocycles. The quantitative estimate of drug-likeness (QED) is 0.400. The van der Waals surface area contributed by atoms with Gasteiger partial charge in [0.15, 0.2) is 0 Å². The lowest BCUT2D eigenvalue weighted by Gasteiger charge is -1.89. The lowest BCUT2D eigenvalue weighted by molar-refractivity contribution is 0.166. The summed E-state index contributed by atoms with van der Waals surface area (Å²) in [5, 5.41) is 8.02. The van der Waals surface area contributed by atoms with Crippen LogP contribution in [0.4, 0.5) is 0 Å². The first-order chi connectivity index (χ1) is 2.91. The predicted octanol–water partition coefficient (Wildman–Crippen LogP) is 0.301. The van der Waals surface area contributed by atoms with Gasteiger partial charge in [-0.05, 0) is 0 Å². The van der Waals surface area contributed by atoms with Gasteiger partial charge in [-0.3, -0.25) is 0 Å². The highest BCUT2D eigenvalue weighted by Gasteiger charge is 1.69. The third-order valence-electron chi connectivity index (χ3n) is 0.327. The first-order valence-electron chi connectivity index (χ1n) is 1.75. The van der Waals surface area contributed by atoms with Crippen molar-refractivity contribution in [3.63, 3.8) is 0 Å². The van der Waals surface area contributed by atoms with Crippen molar-refractivity contribution in [3.8, 4) is 0 Å². The Labute approximate surface area is 43.2 Å². The highest BCUT2D eigenvalue weighted by molar-refractivity contribution is 4.46. The van der Waals surface area contributed by atoms with Gasteiger partial charge in [-0.2, -0.15) is 0 Å². The summed E-state index contributed by atoms with van der Waals surface area (Å²) < 4.78 is 4.50. The van der Waals surface area contributed by atoms with E-state index in [4.69, 9.17) is 5.11 Å². The van der Waals surface area contributed by atoms with Crippen LogP contribution in [0.3, 0.4) is 0 Å². The average Bonchev–Trinajstić information content (AvgIpc) is 1.61. The molecular formula is C4H11NO2. The first kappa shape index (κ1) is 9.68. The Kier molecular flexibility index (Phi) is 12.5. The zero-order valence-corrected chi connectivity index (χ0v) is 4.26. The Morgan fingerprint density at radius 2 is 2.29 bits per heavy atom. The van der Waals surface area contributed by atoms with E-state index in [1.54, 1.807) is 0 Å². The minimum atomic E-state index is 0. The Bertz CT molecular complexity index is 38.7. The predicted molar refractivity (Wildman–Crippen MR) is 28.3 cm³/mol. The van der Waals surface area contributed by atoms with Crippen LogP contribution >= 0.6 is 0 Å². The van der Waals surface area contributed by atoms with Gasteiger partial charge >= 0.3 is 0 Å². The molecule has 0 unspecified atom stereocenters. The van der Waals surface area contributed by atoms with Crippen LogP contribution in [-0.2, 0) is 4.74 Å². The second-order valence-electron chi connectivity index (χ2n) is 0.761. The Morgan fingerprint density at radius 3 is 2.43 bits per heavy atom. The molecular weight excluding hydrogens is 94.0 g/mol. The van der Waals surface area contributed by atoms with E-state index < -0.39 is 0 Å². The molecule has 0 aromatic rings. The fourth-order valence-electron chi connectivity index (χ4n) is 0.136. The molecule has 0 bridgehead atoms. The van der Waals surface area contributed by atoms with Crippen molar-refractivity contribution in [2.45, 2.75) is 0 Å². The van der Waals surface area contributed by atoms with Crippen molar-refractivity contribution < 1.29 is 9.84 Å². The van der Waals surface area contributed by atoms with Crippen LogP contribution in [0.15, 0.2) is 12.8 Å². The third kappa shape index (κ3) is 10.8. The van der Waals surface area contributed by atoms with Gasteiger partial charge in [0.25, 0.3) is 0 Å². The lowest BCUT2D eigenvalue weighted by atomic mass is 10.8. The van der Waals surface area contributed by atoms with Gasteiger partial charge in [0.2, 0.25) is 0 Å². The molecule has 0 rings (SSSR count). The maximum Gasteiger partial charge on any atom is 0.110 e. The number of hydrogen-bond donors (Lipinski definition) is 2. The molecule has 0 aliphatic heterocycles. The number of hydrogen-bond acceptors (Lipinski definition) is 3. The number of ether oxygens (including phenoxy) is 1. The molecule has 0 fully saturated rings. The highest BCUT2D eigenvalue weighted by Crippen LogP contribution is 1.67. The van der Waals surface area contributed by atoms with Crippen LogP contribution in [0.2, 0.25) is 0 Å². The maximum absolute atomic E-state index is 8.02. The van der Waals surface area contributed by atoms with Crippen molar-refractivity contribution in [1.82, 2.24) is 6.15 Å². The van der Waals surface area contributed by atoms with E-state index in [2.05, 4.69) is 11.3 Å². The summed E-state index contributed by atoms with van der Waals surface area (Å²) in [6.07, 6.45) is 1.30. The van der Waals surface area contributed by atoms with Crippen molar-refractivity contribution in [2.24, 2.45) is 0 Å². The summed E-state index contributed by atoms with van der Waals surface area (Å²) in [4.78, 5) is 0. The summed E-state index contributed by atoms with van der Waals surface area (Å²) in [5.74, 6) is 0. The minimum absolute atomic E-state index is 0. The van der Waals surface area contributed by atoms with Crippen LogP contribution in [0.25, 0.3) is 0 Å². The molecule has 0 atom stereocenters. The molecule has 44 valence electrons. The van der Waals surface area contributed by atoms with Crippen LogP contribution in [-0.4, -0.2) is 18.3 Å². The van der Waals surface area contributed by atoms with Gasteiger partial charge in [0.1, 0.15) is 6.61 Å². The first-order valence-corrected chi connectivity index (χ1v) is 1.75. The average molecular weight is 105 g/mol. The highest BCUT2D eigenvalue weighted by atomic mass is 16.5. The van der Waals surface area contributed by atoms with E-state index in [1.807, 2.05) is 0 Å². The fourth-order valence-corrected chi connectivity index (χ4v) is 0.136. The fraction of sp³-hybridized carbons (Fsp3) is 0.500. The van der Waals surface area contributed by atoms with E-state index >= 15 is 0 Å².